The van der Waals surface area contributed by atoms with Crippen molar-refractivity contribution >= 4 is 29.4 Å². The first-order valence-corrected chi connectivity index (χ1v) is 14.9. The molecule has 224 valence electrons. The maximum Gasteiger partial charge on any atom is 0.338 e. The molecule has 0 amide bonds. The van der Waals surface area contributed by atoms with E-state index in [9.17, 15) is 14.4 Å². The van der Waals surface area contributed by atoms with E-state index >= 15 is 0 Å². The number of aromatic nitrogens is 3. The van der Waals surface area contributed by atoms with Crippen LogP contribution in [0, 0.1) is 0 Å². The normalized spacial score (nSPS) is 14.4. The average Bonchev–Trinajstić information content (AvgIpc) is 3.60. The van der Waals surface area contributed by atoms with Gasteiger partial charge in [0.1, 0.15) is 12.4 Å². The van der Waals surface area contributed by atoms with Crippen molar-refractivity contribution in [3.63, 3.8) is 0 Å². The minimum absolute atomic E-state index is 0.00576. The summed E-state index contributed by atoms with van der Waals surface area (Å²) in [5, 5.41) is 4.87. The number of benzene rings is 3. The first kappa shape index (κ1) is 29.5. The molecule has 45 heavy (non-hydrogen) atoms. The molecular formula is C35H28N4O5S. The topological polar surface area (TPSA) is 105 Å². The molecule has 0 N–H and O–H groups in total. The largest absolute Gasteiger partial charge is 0.458 e. The van der Waals surface area contributed by atoms with Crippen molar-refractivity contribution in [2.45, 2.75) is 19.9 Å². The highest BCUT2D eigenvalue weighted by molar-refractivity contribution is 7.07. The van der Waals surface area contributed by atoms with Crippen molar-refractivity contribution in [2.24, 2.45) is 4.99 Å². The van der Waals surface area contributed by atoms with Gasteiger partial charge in [-0.25, -0.2) is 14.5 Å². The smallest absolute Gasteiger partial charge is 0.338 e. The summed E-state index contributed by atoms with van der Waals surface area (Å²) in [5.41, 5.74) is 4.23. The van der Waals surface area contributed by atoms with Crippen LogP contribution in [0.5, 0.6) is 5.75 Å². The fraction of sp³-hybridized carbons (Fsp3) is 0.114. The van der Waals surface area contributed by atoms with E-state index in [0.29, 0.717) is 32.0 Å². The van der Waals surface area contributed by atoms with Crippen molar-refractivity contribution in [3.8, 4) is 22.7 Å². The molecule has 0 aliphatic carbocycles. The SMILES string of the molecule is C=CCOC(=O)C1=C(C)N=c2s/c(=C\c3cn(-c4ccccc4)nc3-c3ccccc3)c(=O)n2[C@H]1c1ccc(OC(C)=O)cc1. The number of rotatable bonds is 8. The van der Waals surface area contributed by atoms with Crippen LogP contribution in [0.25, 0.3) is 23.0 Å². The molecule has 0 saturated heterocycles. The van der Waals surface area contributed by atoms with Crippen LogP contribution < -0.4 is 19.6 Å². The molecule has 3 heterocycles. The highest BCUT2D eigenvalue weighted by Gasteiger charge is 2.33. The number of carbonyl (C=O) groups excluding carboxylic acids is 2. The van der Waals surface area contributed by atoms with Gasteiger partial charge in [0.05, 0.1) is 33.2 Å². The van der Waals surface area contributed by atoms with Gasteiger partial charge in [0.15, 0.2) is 4.80 Å². The highest BCUT2D eigenvalue weighted by Crippen LogP contribution is 2.32. The Balaban J connectivity index is 1.52. The van der Waals surface area contributed by atoms with Crippen LogP contribution in [0.4, 0.5) is 0 Å². The summed E-state index contributed by atoms with van der Waals surface area (Å²) in [7, 11) is 0. The number of nitrogens with zero attached hydrogens (tertiary/aromatic N) is 4. The summed E-state index contributed by atoms with van der Waals surface area (Å²) in [4.78, 5) is 44.1. The Morgan fingerprint density at radius 3 is 2.36 bits per heavy atom. The number of allylic oxidation sites excluding steroid dienone is 1. The second kappa shape index (κ2) is 12.6. The number of carbonyl (C=O) groups is 2. The Labute approximate surface area is 262 Å². The van der Waals surface area contributed by atoms with E-state index < -0.39 is 18.0 Å². The summed E-state index contributed by atoms with van der Waals surface area (Å²) in [6.45, 7) is 6.67. The molecule has 0 radical (unpaired) electrons. The third-order valence-electron chi connectivity index (χ3n) is 7.13. The molecule has 3 aromatic carbocycles. The lowest BCUT2D eigenvalue weighted by Crippen LogP contribution is -2.39. The molecule has 5 aromatic rings. The van der Waals surface area contributed by atoms with Gasteiger partial charge in [0.25, 0.3) is 5.56 Å². The quantitative estimate of drug-likeness (QED) is 0.142. The molecule has 9 nitrogen and oxygen atoms in total. The van der Waals surface area contributed by atoms with Gasteiger partial charge in [0, 0.05) is 24.2 Å². The molecule has 1 atom stereocenters. The second-order valence-electron chi connectivity index (χ2n) is 10.2. The van der Waals surface area contributed by atoms with Crippen molar-refractivity contribution < 1.29 is 19.1 Å². The third-order valence-corrected chi connectivity index (χ3v) is 8.11. The van der Waals surface area contributed by atoms with Crippen LogP contribution >= 0.6 is 11.3 Å². The summed E-state index contributed by atoms with van der Waals surface area (Å²) >= 11 is 1.23. The van der Waals surface area contributed by atoms with Gasteiger partial charge in [-0.2, -0.15) is 5.10 Å². The molecular weight excluding hydrogens is 588 g/mol. The number of thiazole rings is 1. The van der Waals surface area contributed by atoms with Gasteiger partial charge in [-0.05, 0) is 42.8 Å². The Morgan fingerprint density at radius 1 is 1.00 bits per heavy atom. The number of esters is 2. The predicted molar refractivity (Wildman–Crippen MR) is 172 cm³/mol. The molecule has 1 aliphatic heterocycles. The standard InChI is InChI=1S/C35H28N4O5S/c1-4-19-43-34(42)30-22(2)36-35-39(32(30)25-15-17-28(18-16-25)44-23(3)40)33(41)29(45-35)20-26-21-38(27-13-9-6-10-14-27)37-31(26)24-11-7-5-8-12-24/h4-18,20-21,32H,1,19H2,2-3H3/b29-20-/t32-/m0/s1. The van der Waals surface area contributed by atoms with E-state index in [0.717, 1.165) is 16.8 Å². The number of ether oxygens (including phenoxy) is 2. The average molecular weight is 617 g/mol. The number of fused-ring (bicyclic) bond motifs is 1. The lowest BCUT2D eigenvalue weighted by molar-refractivity contribution is -0.138. The number of hydrogen-bond acceptors (Lipinski definition) is 8. The van der Waals surface area contributed by atoms with Crippen molar-refractivity contribution in [1.82, 2.24) is 14.3 Å². The van der Waals surface area contributed by atoms with Crippen LogP contribution in [-0.4, -0.2) is 32.9 Å². The molecule has 6 rings (SSSR count). The Bertz CT molecular complexity index is 2130. The minimum atomic E-state index is -0.826. The van der Waals surface area contributed by atoms with Gasteiger partial charge < -0.3 is 9.47 Å². The van der Waals surface area contributed by atoms with Gasteiger partial charge >= 0.3 is 11.9 Å². The number of hydrogen-bond donors (Lipinski definition) is 0. The predicted octanol–water partition coefficient (Wildman–Crippen LogP) is 4.74. The lowest BCUT2D eigenvalue weighted by atomic mass is 9.96. The lowest BCUT2D eigenvalue weighted by Gasteiger charge is -2.24. The van der Waals surface area contributed by atoms with Crippen LogP contribution in [0.2, 0.25) is 0 Å². The first-order valence-electron chi connectivity index (χ1n) is 14.1. The monoisotopic (exact) mass is 616 g/mol. The number of para-hydroxylation sites is 1. The van der Waals surface area contributed by atoms with Gasteiger partial charge in [-0.3, -0.25) is 14.2 Å². The molecule has 0 spiro atoms. The Kier molecular flexibility index (Phi) is 8.22. The molecule has 0 fully saturated rings. The molecule has 0 unspecified atom stereocenters. The third kappa shape index (κ3) is 5.96. The summed E-state index contributed by atoms with van der Waals surface area (Å²) in [6, 6.07) is 25.4. The molecule has 10 heteroatoms. The maximum atomic E-state index is 14.2. The van der Waals surface area contributed by atoms with E-state index in [1.165, 1.54) is 28.9 Å². The molecule has 0 bridgehead atoms. The maximum absolute atomic E-state index is 14.2. The van der Waals surface area contributed by atoms with E-state index in [1.807, 2.05) is 72.9 Å². The minimum Gasteiger partial charge on any atom is -0.458 e. The van der Waals surface area contributed by atoms with E-state index in [2.05, 4.69) is 11.6 Å². The fourth-order valence-corrected chi connectivity index (χ4v) is 6.20. The van der Waals surface area contributed by atoms with E-state index in [4.69, 9.17) is 14.6 Å². The Morgan fingerprint density at radius 2 is 1.69 bits per heavy atom. The Hall–Kier alpha value is -5.61. The van der Waals surface area contributed by atoms with Crippen LogP contribution in [0.3, 0.4) is 0 Å². The van der Waals surface area contributed by atoms with Crippen molar-refractivity contribution in [1.29, 1.82) is 0 Å². The zero-order valence-electron chi connectivity index (χ0n) is 24.5. The van der Waals surface area contributed by atoms with Crippen molar-refractivity contribution in [3.05, 3.63) is 146 Å². The molecule has 2 aromatic heterocycles. The second-order valence-corrected chi connectivity index (χ2v) is 11.2. The summed E-state index contributed by atoms with van der Waals surface area (Å²) in [6.07, 6.45) is 5.19. The molecule has 1 aliphatic rings. The first-order chi connectivity index (χ1) is 21.8. The summed E-state index contributed by atoms with van der Waals surface area (Å²) < 4.78 is 14.3. The van der Waals surface area contributed by atoms with Gasteiger partial charge in [-0.15, -0.1) is 0 Å². The molecule has 0 saturated carbocycles. The zero-order chi connectivity index (χ0) is 31.5. The highest BCUT2D eigenvalue weighted by atomic mass is 32.1. The van der Waals surface area contributed by atoms with Gasteiger partial charge in [0.2, 0.25) is 0 Å². The van der Waals surface area contributed by atoms with E-state index in [1.54, 1.807) is 35.9 Å². The van der Waals surface area contributed by atoms with Crippen LogP contribution in [0.1, 0.15) is 31.0 Å². The van der Waals surface area contributed by atoms with Gasteiger partial charge in [-0.1, -0.05) is 84.7 Å². The van der Waals surface area contributed by atoms with Crippen LogP contribution in [-0.2, 0) is 14.3 Å². The fourth-order valence-electron chi connectivity index (χ4n) is 5.16. The van der Waals surface area contributed by atoms with Crippen LogP contribution in [0.15, 0.2) is 125 Å². The summed E-state index contributed by atoms with van der Waals surface area (Å²) in [5.74, 6) is -0.709. The zero-order valence-corrected chi connectivity index (χ0v) is 25.4. The van der Waals surface area contributed by atoms with E-state index in [-0.39, 0.29) is 17.7 Å². The van der Waals surface area contributed by atoms with Crippen molar-refractivity contribution in [2.75, 3.05) is 6.61 Å².